The van der Waals surface area contributed by atoms with E-state index in [2.05, 4.69) is 22.1 Å². The Morgan fingerprint density at radius 1 is 0.967 bits per heavy atom. The quantitative estimate of drug-likeness (QED) is 0.625. The highest BCUT2D eigenvalue weighted by Crippen LogP contribution is 2.26. The Morgan fingerprint density at radius 3 is 2.47 bits per heavy atom. The van der Waals surface area contributed by atoms with Crippen LogP contribution in [0.4, 0.5) is 8.78 Å². The number of halogens is 2. The lowest BCUT2D eigenvalue weighted by atomic mass is 9.90. The molecule has 156 valence electrons. The standard InChI is InChI=1S/C25H27F2N3/c1-18(29-15-20-8-10-28-11-9-20)16-30-17-21-4-7-24(27)13-22(21)14-25(30)12-19-2-5-23(26)6-3-19/h2-11,13,18,25,29H,12,14-17H2,1H3/t18-,25?/m1/s1. The number of nitrogens with one attached hydrogen (secondary N) is 1. The Bertz CT molecular complexity index is 960. The summed E-state index contributed by atoms with van der Waals surface area (Å²) in [7, 11) is 0. The molecule has 1 N–H and O–H groups in total. The minimum Gasteiger partial charge on any atom is -0.309 e. The van der Waals surface area contributed by atoms with Crippen molar-refractivity contribution < 1.29 is 8.78 Å². The number of fused-ring (bicyclic) bond motifs is 1. The van der Waals surface area contributed by atoms with Gasteiger partial charge in [0.25, 0.3) is 0 Å². The van der Waals surface area contributed by atoms with Gasteiger partial charge < -0.3 is 5.32 Å². The van der Waals surface area contributed by atoms with Crippen LogP contribution in [0.25, 0.3) is 0 Å². The van der Waals surface area contributed by atoms with Crippen molar-refractivity contribution in [1.82, 2.24) is 15.2 Å². The number of pyridine rings is 1. The van der Waals surface area contributed by atoms with Gasteiger partial charge in [0.05, 0.1) is 0 Å². The SMILES string of the molecule is C[C@H](CN1Cc2ccc(F)cc2CC1Cc1ccc(F)cc1)NCc1ccncc1. The third kappa shape index (κ3) is 5.29. The molecule has 3 nitrogen and oxygen atoms in total. The highest BCUT2D eigenvalue weighted by atomic mass is 19.1. The second kappa shape index (κ2) is 9.45. The Kier molecular flexibility index (Phi) is 6.50. The molecule has 1 unspecified atom stereocenters. The Labute approximate surface area is 176 Å². The molecule has 5 heteroatoms. The smallest absolute Gasteiger partial charge is 0.123 e. The highest BCUT2D eigenvalue weighted by Gasteiger charge is 2.27. The highest BCUT2D eigenvalue weighted by molar-refractivity contribution is 5.32. The zero-order chi connectivity index (χ0) is 20.9. The van der Waals surface area contributed by atoms with Gasteiger partial charge in [-0.2, -0.15) is 0 Å². The second-order valence-electron chi connectivity index (χ2n) is 8.17. The number of rotatable bonds is 7. The number of hydrogen-bond acceptors (Lipinski definition) is 3. The van der Waals surface area contributed by atoms with E-state index in [0.29, 0.717) is 0 Å². The Balaban J connectivity index is 1.47. The maximum Gasteiger partial charge on any atom is 0.123 e. The first-order valence-electron chi connectivity index (χ1n) is 10.4. The second-order valence-corrected chi connectivity index (χ2v) is 8.17. The van der Waals surface area contributed by atoms with Crippen molar-refractivity contribution in [2.45, 2.75) is 44.9 Å². The molecule has 1 aliphatic rings. The van der Waals surface area contributed by atoms with Crippen molar-refractivity contribution in [2.24, 2.45) is 0 Å². The van der Waals surface area contributed by atoms with Crippen LogP contribution in [0.3, 0.4) is 0 Å². The van der Waals surface area contributed by atoms with Crippen molar-refractivity contribution in [1.29, 1.82) is 0 Å². The number of hydrogen-bond donors (Lipinski definition) is 1. The largest absolute Gasteiger partial charge is 0.309 e. The van der Waals surface area contributed by atoms with Crippen LogP contribution in [0.1, 0.15) is 29.2 Å². The monoisotopic (exact) mass is 407 g/mol. The maximum atomic E-state index is 13.8. The first-order chi connectivity index (χ1) is 14.6. The molecule has 1 aromatic heterocycles. The molecule has 2 heterocycles. The van der Waals surface area contributed by atoms with E-state index in [0.717, 1.165) is 43.6 Å². The molecule has 0 radical (unpaired) electrons. The lowest BCUT2D eigenvalue weighted by molar-refractivity contribution is 0.154. The summed E-state index contributed by atoms with van der Waals surface area (Å²) < 4.78 is 27.1. The first kappa shape index (κ1) is 20.6. The van der Waals surface area contributed by atoms with E-state index in [9.17, 15) is 8.78 Å². The number of benzene rings is 2. The van der Waals surface area contributed by atoms with E-state index in [4.69, 9.17) is 0 Å². The molecule has 3 aromatic rings. The molecule has 1 aliphatic heterocycles. The van der Waals surface area contributed by atoms with Gasteiger partial charge >= 0.3 is 0 Å². The third-order valence-corrected chi connectivity index (χ3v) is 5.81. The van der Waals surface area contributed by atoms with Crippen LogP contribution in [0.15, 0.2) is 67.0 Å². The molecule has 2 aromatic carbocycles. The van der Waals surface area contributed by atoms with Gasteiger partial charge in [0.2, 0.25) is 0 Å². The normalized spacial score (nSPS) is 17.5. The van der Waals surface area contributed by atoms with E-state index in [1.807, 2.05) is 30.3 Å². The molecule has 0 aliphatic carbocycles. The zero-order valence-corrected chi connectivity index (χ0v) is 17.2. The predicted octanol–water partition coefficient (Wildman–Crippen LogP) is 4.51. The molecule has 30 heavy (non-hydrogen) atoms. The molecular formula is C25H27F2N3. The molecule has 2 atom stereocenters. The molecule has 0 saturated heterocycles. The molecule has 0 fully saturated rings. The summed E-state index contributed by atoms with van der Waals surface area (Å²) >= 11 is 0. The van der Waals surface area contributed by atoms with Gasteiger partial charge in [-0.15, -0.1) is 0 Å². The lowest BCUT2D eigenvalue weighted by Gasteiger charge is -2.39. The van der Waals surface area contributed by atoms with Crippen molar-refractivity contribution >= 4 is 0 Å². The minimum absolute atomic E-state index is 0.185. The van der Waals surface area contributed by atoms with Gasteiger partial charge in [0.1, 0.15) is 11.6 Å². The summed E-state index contributed by atoms with van der Waals surface area (Å²) in [5.41, 5.74) is 4.58. The molecular weight excluding hydrogens is 380 g/mol. The molecule has 0 saturated carbocycles. The van der Waals surface area contributed by atoms with Gasteiger partial charge in [-0.05, 0) is 78.4 Å². The van der Waals surface area contributed by atoms with Crippen LogP contribution < -0.4 is 5.32 Å². The van der Waals surface area contributed by atoms with Crippen molar-refractivity contribution in [2.75, 3.05) is 6.54 Å². The number of aromatic nitrogens is 1. The molecule has 0 spiro atoms. The van der Waals surface area contributed by atoms with Gasteiger partial charge in [0, 0.05) is 44.1 Å². The predicted molar refractivity (Wildman–Crippen MR) is 115 cm³/mol. The third-order valence-electron chi connectivity index (χ3n) is 5.81. The minimum atomic E-state index is -0.222. The fourth-order valence-corrected chi connectivity index (χ4v) is 4.19. The van der Waals surface area contributed by atoms with Crippen LogP contribution in [-0.4, -0.2) is 28.5 Å². The first-order valence-corrected chi connectivity index (χ1v) is 10.4. The fraction of sp³-hybridized carbons (Fsp3) is 0.320. The topological polar surface area (TPSA) is 28.2 Å². The van der Waals surface area contributed by atoms with Crippen LogP contribution >= 0.6 is 0 Å². The average molecular weight is 408 g/mol. The lowest BCUT2D eigenvalue weighted by Crippen LogP contribution is -2.47. The summed E-state index contributed by atoms with van der Waals surface area (Å²) in [6, 6.07) is 16.4. The van der Waals surface area contributed by atoms with Crippen LogP contribution in [0.2, 0.25) is 0 Å². The van der Waals surface area contributed by atoms with E-state index < -0.39 is 0 Å². The van der Waals surface area contributed by atoms with E-state index in [-0.39, 0.29) is 23.7 Å². The zero-order valence-electron chi connectivity index (χ0n) is 17.2. The van der Waals surface area contributed by atoms with Crippen LogP contribution in [0, 0.1) is 11.6 Å². The molecule has 0 bridgehead atoms. The van der Waals surface area contributed by atoms with Crippen LogP contribution in [-0.2, 0) is 25.9 Å². The fourth-order valence-electron chi connectivity index (χ4n) is 4.19. The summed E-state index contributed by atoms with van der Waals surface area (Å²) in [5, 5.41) is 3.59. The summed E-state index contributed by atoms with van der Waals surface area (Å²) in [5.74, 6) is -0.407. The summed E-state index contributed by atoms with van der Waals surface area (Å²) in [6.07, 6.45) is 5.22. The average Bonchev–Trinajstić information content (AvgIpc) is 2.75. The summed E-state index contributed by atoms with van der Waals surface area (Å²) in [4.78, 5) is 6.53. The molecule has 0 amide bonds. The van der Waals surface area contributed by atoms with E-state index >= 15 is 0 Å². The van der Waals surface area contributed by atoms with Gasteiger partial charge in [0.15, 0.2) is 0 Å². The molecule has 4 rings (SSSR count). The van der Waals surface area contributed by atoms with E-state index in [1.54, 1.807) is 24.5 Å². The van der Waals surface area contributed by atoms with Crippen molar-refractivity contribution in [3.63, 3.8) is 0 Å². The maximum absolute atomic E-state index is 13.8. The van der Waals surface area contributed by atoms with Gasteiger partial charge in [-0.3, -0.25) is 9.88 Å². The van der Waals surface area contributed by atoms with E-state index in [1.165, 1.54) is 23.3 Å². The Hall–Kier alpha value is -2.63. The Morgan fingerprint density at radius 2 is 1.70 bits per heavy atom. The van der Waals surface area contributed by atoms with Gasteiger partial charge in [-0.1, -0.05) is 18.2 Å². The number of nitrogens with zero attached hydrogens (tertiary/aromatic N) is 2. The summed E-state index contributed by atoms with van der Waals surface area (Å²) in [6.45, 7) is 4.66. The van der Waals surface area contributed by atoms with Crippen molar-refractivity contribution in [3.05, 3.63) is 101 Å². The van der Waals surface area contributed by atoms with Crippen molar-refractivity contribution in [3.8, 4) is 0 Å². The van der Waals surface area contributed by atoms with Crippen LogP contribution in [0.5, 0.6) is 0 Å². The van der Waals surface area contributed by atoms with Gasteiger partial charge in [-0.25, -0.2) is 8.78 Å².